The van der Waals surface area contributed by atoms with Crippen LogP contribution in [0, 0.1) is 28.3 Å². The van der Waals surface area contributed by atoms with Crippen molar-refractivity contribution in [2.75, 3.05) is 0 Å². The van der Waals surface area contributed by atoms with Crippen molar-refractivity contribution >= 4 is 16.7 Å². The molecule has 0 N–H and O–H groups in total. The minimum absolute atomic E-state index is 0.0330. The summed E-state index contributed by atoms with van der Waals surface area (Å²) < 4.78 is 13.3. The van der Waals surface area contributed by atoms with Crippen LogP contribution in [0.15, 0.2) is 12.1 Å². The third kappa shape index (κ3) is 1.46. The first-order valence-corrected chi connectivity index (χ1v) is 4.24. The van der Waals surface area contributed by atoms with E-state index in [9.17, 15) is 14.5 Å². The third-order valence-corrected chi connectivity index (χ3v) is 1.94. The molecule has 0 amide bonds. The van der Waals surface area contributed by atoms with Crippen molar-refractivity contribution in [3.05, 3.63) is 28.1 Å². The van der Waals surface area contributed by atoms with Gasteiger partial charge < -0.3 is 0 Å². The van der Waals surface area contributed by atoms with E-state index in [0.717, 1.165) is 16.9 Å². The fraction of sp³-hybridized carbons (Fsp3) is 0.111. The molecule has 1 aromatic heterocycles. The quantitative estimate of drug-likeness (QED) is 0.431. The predicted molar refractivity (Wildman–Crippen MR) is 53.0 cm³/mol. The predicted octanol–water partition coefficient (Wildman–Crippen LogP) is 1.11. The van der Waals surface area contributed by atoms with Gasteiger partial charge in [-0.05, 0) is 6.07 Å². The van der Waals surface area contributed by atoms with E-state index in [1.807, 2.05) is 0 Å². The molecule has 2 aromatic rings. The lowest BCUT2D eigenvalue weighted by Gasteiger charge is -1.91. The first-order valence-electron chi connectivity index (χ1n) is 4.24. The van der Waals surface area contributed by atoms with E-state index in [1.165, 1.54) is 0 Å². The molecule has 6 nitrogen and oxygen atoms in total. The largest absolute Gasteiger partial charge is 0.299 e. The molecule has 0 bridgehead atoms. The number of non-ortho nitro benzene ring substituents is 1. The van der Waals surface area contributed by atoms with Gasteiger partial charge in [0.1, 0.15) is 6.54 Å². The monoisotopic (exact) mass is 220 g/mol. The molecule has 7 heteroatoms. The van der Waals surface area contributed by atoms with Gasteiger partial charge in [0.2, 0.25) is 0 Å². The van der Waals surface area contributed by atoms with Gasteiger partial charge in [-0.3, -0.25) is 10.1 Å². The van der Waals surface area contributed by atoms with E-state index in [2.05, 4.69) is 16.1 Å². The lowest BCUT2D eigenvalue weighted by molar-refractivity contribution is -0.383. The Morgan fingerprint density at radius 3 is 2.81 bits per heavy atom. The fourth-order valence-electron chi connectivity index (χ4n) is 1.29. The number of aromatic nitrogens is 3. The number of benzene rings is 1. The van der Waals surface area contributed by atoms with Crippen molar-refractivity contribution in [1.29, 1.82) is 0 Å². The number of nitro benzene ring substituents is 1. The van der Waals surface area contributed by atoms with Gasteiger partial charge in [-0.25, -0.2) is 4.39 Å². The van der Waals surface area contributed by atoms with E-state index < -0.39 is 10.7 Å². The number of hydrogen-bond donors (Lipinski definition) is 0. The summed E-state index contributed by atoms with van der Waals surface area (Å²) in [6.07, 6.45) is 5.04. The maximum Gasteiger partial charge on any atom is 0.299 e. The SMILES string of the molecule is C#CCn1nc2c(F)ccc([N+](=O)[O-])c2n1. The second-order valence-corrected chi connectivity index (χ2v) is 2.96. The van der Waals surface area contributed by atoms with Crippen molar-refractivity contribution in [1.82, 2.24) is 15.0 Å². The summed E-state index contributed by atoms with van der Waals surface area (Å²) in [5.74, 6) is 1.60. The first-order chi connectivity index (χ1) is 7.63. The molecule has 0 aliphatic heterocycles. The molecule has 0 aliphatic rings. The standard InChI is InChI=1S/C9H5FN4O2/c1-2-5-13-11-8-6(10)3-4-7(14(15)16)9(8)12-13/h1,3-4H,5H2. The average Bonchev–Trinajstić information content (AvgIpc) is 2.62. The van der Waals surface area contributed by atoms with Crippen LogP contribution < -0.4 is 0 Å². The number of fused-ring (bicyclic) bond motifs is 1. The Hall–Kier alpha value is -2.49. The molecular weight excluding hydrogens is 215 g/mol. The maximum absolute atomic E-state index is 13.3. The molecule has 80 valence electrons. The molecule has 1 heterocycles. The van der Waals surface area contributed by atoms with Crippen LogP contribution in [0.4, 0.5) is 10.1 Å². The highest BCUT2D eigenvalue weighted by molar-refractivity contribution is 5.83. The number of terminal acetylenes is 1. The van der Waals surface area contributed by atoms with Crippen LogP contribution in [0.5, 0.6) is 0 Å². The highest BCUT2D eigenvalue weighted by Gasteiger charge is 2.19. The number of nitro groups is 1. The van der Waals surface area contributed by atoms with Gasteiger partial charge in [0.15, 0.2) is 16.9 Å². The van der Waals surface area contributed by atoms with E-state index >= 15 is 0 Å². The van der Waals surface area contributed by atoms with Crippen molar-refractivity contribution < 1.29 is 9.31 Å². The van der Waals surface area contributed by atoms with Gasteiger partial charge in [-0.2, -0.15) is 4.80 Å². The molecule has 0 unspecified atom stereocenters. The van der Waals surface area contributed by atoms with Crippen molar-refractivity contribution in [3.63, 3.8) is 0 Å². The van der Waals surface area contributed by atoms with Crippen LogP contribution in [0.2, 0.25) is 0 Å². The summed E-state index contributed by atoms with van der Waals surface area (Å²) in [6, 6.07) is 2.03. The normalized spacial score (nSPS) is 10.2. The number of halogens is 1. The summed E-state index contributed by atoms with van der Waals surface area (Å²) in [6.45, 7) is 0.0330. The molecule has 0 saturated carbocycles. The van der Waals surface area contributed by atoms with Gasteiger partial charge in [-0.15, -0.1) is 16.6 Å². The Kier molecular flexibility index (Phi) is 2.25. The molecule has 0 fully saturated rings. The molecule has 0 saturated heterocycles. The highest BCUT2D eigenvalue weighted by atomic mass is 19.1. The van der Waals surface area contributed by atoms with Crippen LogP contribution in [-0.4, -0.2) is 19.9 Å². The second-order valence-electron chi connectivity index (χ2n) is 2.96. The van der Waals surface area contributed by atoms with Crippen molar-refractivity contribution in [2.24, 2.45) is 0 Å². The third-order valence-electron chi connectivity index (χ3n) is 1.94. The highest BCUT2D eigenvalue weighted by Crippen LogP contribution is 2.24. The van der Waals surface area contributed by atoms with E-state index in [4.69, 9.17) is 6.42 Å². The fourth-order valence-corrected chi connectivity index (χ4v) is 1.29. The van der Waals surface area contributed by atoms with Crippen LogP contribution in [-0.2, 0) is 6.54 Å². The summed E-state index contributed by atoms with van der Waals surface area (Å²) in [7, 11) is 0. The molecule has 16 heavy (non-hydrogen) atoms. The lowest BCUT2D eigenvalue weighted by Crippen LogP contribution is -1.99. The van der Waals surface area contributed by atoms with Crippen molar-refractivity contribution in [3.8, 4) is 12.3 Å². The van der Waals surface area contributed by atoms with Crippen LogP contribution in [0.25, 0.3) is 11.0 Å². The van der Waals surface area contributed by atoms with Gasteiger partial charge in [0.25, 0.3) is 5.69 Å². The Balaban J connectivity index is 2.73. The Morgan fingerprint density at radius 1 is 1.50 bits per heavy atom. The zero-order valence-corrected chi connectivity index (χ0v) is 7.92. The Morgan fingerprint density at radius 2 is 2.19 bits per heavy atom. The van der Waals surface area contributed by atoms with Gasteiger partial charge >= 0.3 is 0 Å². The van der Waals surface area contributed by atoms with E-state index in [1.54, 1.807) is 0 Å². The minimum atomic E-state index is -0.663. The first kappa shape index (κ1) is 10.0. The Bertz CT molecular complexity index is 614. The lowest BCUT2D eigenvalue weighted by atomic mass is 10.2. The maximum atomic E-state index is 13.3. The van der Waals surface area contributed by atoms with E-state index in [-0.39, 0.29) is 23.3 Å². The second kappa shape index (κ2) is 3.58. The smallest absolute Gasteiger partial charge is 0.258 e. The zero-order valence-electron chi connectivity index (χ0n) is 7.92. The number of rotatable bonds is 2. The minimum Gasteiger partial charge on any atom is -0.258 e. The van der Waals surface area contributed by atoms with Crippen LogP contribution in [0.1, 0.15) is 0 Å². The topological polar surface area (TPSA) is 73.8 Å². The van der Waals surface area contributed by atoms with Crippen LogP contribution in [0.3, 0.4) is 0 Å². The molecular formula is C9H5FN4O2. The molecule has 2 rings (SSSR count). The summed E-state index contributed by atoms with van der Waals surface area (Å²) in [5, 5.41) is 18.2. The van der Waals surface area contributed by atoms with Gasteiger partial charge in [-0.1, -0.05) is 5.92 Å². The summed E-state index contributed by atoms with van der Waals surface area (Å²) in [4.78, 5) is 11.1. The average molecular weight is 220 g/mol. The van der Waals surface area contributed by atoms with Crippen LogP contribution >= 0.6 is 0 Å². The molecule has 0 atom stereocenters. The van der Waals surface area contributed by atoms with Gasteiger partial charge in [0, 0.05) is 6.07 Å². The zero-order chi connectivity index (χ0) is 11.7. The number of hydrogen-bond acceptors (Lipinski definition) is 4. The van der Waals surface area contributed by atoms with Gasteiger partial charge in [0.05, 0.1) is 4.92 Å². The molecule has 0 aliphatic carbocycles. The molecule has 0 radical (unpaired) electrons. The van der Waals surface area contributed by atoms with Crippen molar-refractivity contribution in [2.45, 2.75) is 6.54 Å². The van der Waals surface area contributed by atoms with E-state index in [0.29, 0.717) is 0 Å². The summed E-state index contributed by atoms with van der Waals surface area (Å²) >= 11 is 0. The summed E-state index contributed by atoms with van der Waals surface area (Å²) in [5.41, 5.74) is -0.538. The molecule has 1 aromatic carbocycles. The number of nitrogens with zero attached hydrogens (tertiary/aromatic N) is 4. The molecule has 0 spiro atoms. The Labute approximate surface area is 88.8 Å².